The first-order valence-electron chi connectivity index (χ1n) is 7.65. The second kappa shape index (κ2) is 8.29. The number of hydrogen-bond acceptors (Lipinski definition) is 2. The summed E-state index contributed by atoms with van der Waals surface area (Å²) in [5, 5.41) is 6.71. The van der Waals surface area contributed by atoms with Crippen molar-refractivity contribution in [1.29, 1.82) is 0 Å². The number of hydrogen-bond donors (Lipinski definition) is 3. The molecule has 0 unspecified atom stereocenters. The van der Waals surface area contributed by atoms with E-state index in [2.05, 4.69) is 29.7 Å². The van der Waals surface area contributed by atoms with Crippen LogP contribution in [0.1, 0.15) is 35.7 Å². The zero-order valence-electron chi connectivity index (χ0n) is 13.1. The smallest absolute Gasteiger partial charge is 0.248 e. The molecule has 0 heterocycles. The van der Waals surface area contributed by atoms with Gasteiger partial charge in [-0.3, -0.25) is 4.79 Å². The average Bonchev–Trinajstić information content (AvgIpc) is 2.54. The highest BCUT2D eigenvalue weighted by molar-refractivity contribution is 7.80. The van der Waals surface area contributed by atoms with Gasteiger partial charge in [-0.05, 0) is 67.0 Å². The van der Waals surface area contributed by atoms with E-state index < -0.39 is 5.91 Å². The molecule has 0 fully saturated rings. The molecule has 0 saturated heterocycles. The van der Waals surface area contributed by atoms with E-state index >= 15 is 0 Å². The highest BCUT2D eigenvalue weighted by Gasteiger charge is 2.02. The maximum atomic E-state index is 11.0. The van der Waals surface area contributed by atoms with Gasteiger partial charge in [0.15, 0.2) is 5.11 Å². The summed E-state index contributed by atoms with van der Waals surface area (Å²) >= 11 is 5.29. The summed E-state index contributed by atoms with van der Waals surface area (Å²) in [4.78, 5) is 11.0. The molecule has 2 aromatic rings. The van der Waals surface area contributed by atoms with Crippen molar-refractivity contribution in [2.45, 2.75) is 26.2 Å². The predicted octanol–water partition coefficient (Wildman–Crippen LogP) is 3.94. The summed E-state index contributed by atoms with van der Waals surface area (Å²) in [5.74, 6) is -0.444. The molecule has 0 aliphatic carbocycles. The molecule has 0 radical (unpaired) electrons. The fourth-order valence-corrected chi connectivity index (χ4v) is 2.38. The highest BCUT2D eigenvalue weighted by Crippen LogP contribution is 2.13. The van der Waals surface area contributed by atoms with Crippen molar-refractivity contribution in [3.8, 4) is 0 Å². The van der Waals surface area contributed by atoms with Gasteiger partial charge in [0.2, 0.25) is 5.91 Å². The molecule has 4 N–H and O–H groups in total. The van der Waals surface area contributed by atoms with Crippen LogP contribution in [0.15, 0.2) is 48.5 Å². The fraction of sp³-hybridized carbons (Fsp3) is 0.222. The molecule has 0 spiro atoms. The number of nitrogens with one attached hydrogen (secondary N) is 2. The number of aryl methyl sites for hydroxylation is 1. The summed E-state index contributed by atoms with van der Waals surface area (Å²) in [6.45, 7) is 2.19. The van der Waals surface area contributed by atoms with Crippen molar-refractivity contribution in [2.75, 3.05) is 10.6 Å². The minimum absolute atomic E-state index is 0.444. The van der Waals surface area contributed by atoms with E-state index in [-0.39, 0.29) is 0 Å². The third-order valence-electron chi connectivity index (χ3n) is 3.46. The number of nitrogens with two attached hydrogens (primary N) is 1. The summed E-state index contributed by atoms with van der Waals surface area (Å²) < 4.78 is 0. The minimum Gasteiger partial charge on any atom is -0.366 e. The van der Waals surface area contributed by atoms with Gasteiger partial charge in [0.05, 0.1) is 0 Å². The Hall–Kier alpha value is -2.40. The molecule has 1 amide bonds. The van der Waals surface area contributed by atoms with Crippen molar-refractivity contribution in [3.63, 3.8) is 0 Å². The van der Waals surface area contributed by atoms with Gasteiger partial charge >= 0.3 is 0 Å². The van der Waals surface area contributed by atoms with Gasteiger partial charge in [0.25, 0.3) is 0 Å². The molecule has 2 aromatic carbocycles. The van der Waals surface area contributed by atoms with Gasteiger partial charge in [-0.2, -0.15) is 0 Å². The molecule has 4 nitrogen and oxygen atoms in total. The van der Waals surface area contributed by atoms with Crippen LogP contribution in [0, 0.1) is 0 Å². The standard InChI is InChI=1S/C18H21N3OS/c1-2-3-4-13-5-9-15(10-6-13)20-18(23)21-16-11-7-14(8-12-16)17(19)22/h5-12H,2-4H2,1H3,(H2,19,22)(H2,20,21,23). The van der Waals surface area contributed by atoms with Crippen LogP contribution in [0.4, 0.5) is 11.4 Å². The second-order valence-corrected chi connectivity index (χ2v) is 5.73. The van der Waals surface area contributed by atoms with E-state index in [0.717, 1.165) is 17.8 Å². The van der Waals surface area contributed by atoms with E-state index in [0.29, 0.717) is 10.7 Å². The summed E-state index contributed by atoms with van der Waals surface area (Å²) in [6.07, 6.45) is 3.50. The first-order chi connectivity index (χ1) is 11.1. The Kier molecular flexibility index (Phi) is 6.11. The molecule has 0 aromatic heterocycles. The summed E-state index contributed by atoms with van der Waals surface area (Å²) in [6, 6.07) is 15.1. The van der Waals surface area contributed by atoms with Crippen LogP contribution in [0.25, 0.3) is 0 Å². The molecule has 0 aliphatic heterocycles. The highest BCUT2D eigenvalue weighted by atomic mass is 32.1. The lowest BCUT2D eigenvalue weighted by atomic mass is 10.1. The SMILES string of the molecule is CCCCc1ccc(NC(=S)Nc2ccc(C(N)=O)cc2)cc1. The Balaban J connectivity index is 1.90. The van der Waals surface area contributed by atoms with Crippen molar-refractivity contribution < 1.29 is 4.79 Å². The van der Waals surface area contributed by atoms with E-state index in [9.17, 15) is 4.79 Å². The number of carbonyl (C=O) groups is 1. The number of rotatable bonds is 6. The average molecular weight is 327 g/mol. The van der Waals surface area contributed by atoms with E-state index in [1.54, 1.807) is 24.3 Å². The van der Waals surface area contributed by atoms with Crippen molar-refractivity contribution >= 4 is 34.6 Å². The molecular weight excluding hydrogens is 306 g/mol. The van der Waals surface area contributed by atoms with Gasteiger partial charge in [-0.1, -0.05) is 25.5 Å². The second-order valence-electron chi connectivity index (χ2n) is 5.32. The maximum Gasteiger partial charge on any atom is 0.248 e. The van der Waals surface area contributed by atoms with Crippen LogP contribution in [0.3, 0.4) is 0 Å². The number of primary amides is 1. The Morgan fingerprint density at radius 3 is 2.00 bits per heavy atom. The first-order valence-corrected chi connectivity index (χ1v) is 8.06. The molecule has 2 rings (SSSR count). The summed E-state index contributed by atoms with van der Waals surface area (Å²) in [7, 11) is 0. The lowest BCUT2D eigenvalue weighted by molar-refractivity contribution is 0.100. The number of unbranched alkanes of at least 4 members (excludes halogenated alkanes) is 1. The van der Waals surface area contributed by atoms with Gasteiger partial charge in [0.1, 0.15) is 0 Å². The zero-order chi connectivity index (χ0) is 16.7. The normalized spacial score (nSPS) is 10.1. The number of carbonyl (C=O) groups excluding carboxylic acids is 1. The van der Waals surface area contributed by atoms with Gasteiger partial charge < -0.3 is 16.4 Å². The van der Waals surface area contributed by atoms with Crippen LogP contribution in [0.5, 0.6) is 0 Å². The molecule has 0 aliphatic rings. The Morgan fingerprint density at radius 1 is 1.00 bits per heavy atom. The van der Waals surface area contributed by atoms with Crippen molar-refractivity contribution in [3.05, 3.63) is 59.7 Å². The minimum atomic E-state index is -0.444. The number of benzene rings is 2. The Bertz CT molecular complexity index is 666. The number of anilines is 2. The van der Waals surface area contributed by atoms with Crippen LogP contribution in [0.2, 0.25) is 0 Å². The topological polar surface area (TPSA) is 67.2 Å². The van der Waals surface area contributed by atoms with Crippen LogP contribution >= 0.6 is 12.2 Å². The third-order valence-corrected chi connectivity index (χ3v) is 3.66. The van der Waals surface area contributed by atoms with E-state index in [1.807, 2.05) is 12.1 Å². The van der Waals surface area contributed by atoms with Crippen LogP contribution < -0.4 is 16.4 Å². The third kappa shape index (κ3) is 5.38. The van der Waals surface area contributed by atoms with Crippen molar-refractivity contribution in [1.82, 2.24) is 0 Å². The number of amides is 1. The molecule has 0 saturated carbocycles. The van der Waals surface area contributed by atoms with Crippen LogP contribution in [-0.2, 0) is 6.42 Å². The van der Waals surface area contributed by atoms with E-state index in [1.165, 1.54) is 18.4 Å². The van der Waals surface area contributed by atoms with E-state index in [4.69, 9.17) is 18.0 Å². The van der Waals surface area contributed by atoms with Crippen molar-refractivity contribution in [2.24, 2.45) is 5.73 Å². The molecule has 120 valence electrons. The van der Waals surface area contributed by atoms with Gasteiger partial charge in [-0.15, -0.1) is 0 Å². The maximum absolute atomic E-state index is 11.0. The van der Waals surface area contributed by atoms with Crippen LogP contribution in [-0.4, -0.2) is 11.0 Å². The Labute approximate surface area is 142 Å². The monoisotopic (exact) mass is 327 g/mol. The molecule has 5 heteroatoms. The lowest BCUT2D eigenvalue weighted by Crippen LogP contribution is -2.19. The van der Waals surface area contributed by atoms with Gasteiger partial charge in [0, 0.05) is 16.9 Å². The zero-order valence-corrected chi connectivity index (χ0v) is 14.0. The summed E-state index contributed by atoms with van der Waals surface area (Å²) in [5.41, 5.74) is 8.75. The molecular formula is C18H21N3OS. The fourth-order valence-electron chi connectivity index (χ4n) is 2.15. The molecule has 0 bridgehead atoms. The van der Waals surface area contributed by atoms with Gasteiger partial charge in [-0.25, -0.2) is 0 Å². The molecule has 23 heavy (non-hydrogen) atoms. The first kappa shape index (κ1) is 17.0. The predicted molar refractivity (Wildman–Crippen MR) is 99.9 cm³/mol. The Morgan fingerprint density at radius 2 is 1.52 bits per heavy atom. The lowest BCUT2D eigenvalue weighted by Gasteiger charge is -2.11. The number of thiocarbonyl (C=S) groups is 1. The molecule has 0 atom stereocenters. The quantitative estimate of drug-likeness (QED) is 0.703. The largest absolute Gasteiger partial charge is 0.366 e.